The van der Waals surface area contributed by atoms with Crippen molar-refractivity contribution in [2.24, 2.45) is 5.41 Å². The average Bonchev–Trinajstić information content (AvgIpc) is 2.48. The van der Waals surface area contributed by atoms with Crippen molar-refractivity contribution in [2.75, 3.05) is 6.61 Å². The van der Waals surface area contributed by atoms with Gasteiger partial charge in [-0.05, 0) is 32.6 Å². The summed E-state index contributed by atoms with van der Waals surface area (Å²) in [5, 5.41) is 9.74. The van der Waals surface area contributed by atoms with Gasteiger partial charge in [0.05, 0.1) is 18.1 Å². The Balaban J connectivity index is 2.73. The van der Waals surface area contributed by atoms with E-state index < -0.39 is 11.5 Å². The highest BCUT2D eigenvalue weighted by Crippen LogP contribution is 2.42. The van der Waals surface area contributed by atoms with E-state index in [0.717, 1.165) is 19.3 Å². The molecule has 3 heteroatoms. The minimum absolute atomic E-state index is 0.220. The summed E-state index contributed by atoms with van der Waals surface area (Å²) in [5.74, 6) is -0.220. The molecule has 0 bridgehead atoms. The van der Waals surface area contributed by atoms with E-state index in [9.17, 15) is 9.90 Å². The first-order valence-corrected chi connectivity index (χ1v) is 5.02. The Morgan fingerprint density at radius 2 is 2.31 bits per heavy atom. The third kappa shape index (κ3) is 1.70. The van der Waals surface area contributed by atoms with E-state index in [2.05, 4.69) is 0 Å². The fourth-order valence-electron chi connectivity index (χ4n) is 2.12. The lowest BCUT2D eigenvalue weighted by Crippen LogP contribution is -2.39. The molecule has 0 saturated heterocycles. The van der Waals surface area contributed by atoms with Crippen LogP contribution in [0.25, 0.3) is 0 Å². The zero-order valence-electron chi connectivity index (χ0n) is 8.38. The monoisotopic (exact) mass is 186 g/mol. The molecule has 1 fully saturated rings. The van der Waals surface area contributed by atoms with E-state index in [1.54, 1.807) is 6.92 Å². The van der Waals surface area contributed by atoms with Crippen LogP contribution in [0.15, 0.2) is 0 Å². The van der Waals surface area contributed by atoms with E-state index in [4.69, 9.17) is 4.74 Å². The van der Waals surface area contributed by atoms with Crippen LogP contribution in [0.2, 0.25) is 0 Å². The van der Waals surface area contributed by atoms with Gasteiger partial charge in [0.25, 0.3) is 0 Å². The summed E-state index contributed by atoms with van der Waals surface area (Å²) in [7, 11) is 0. The molecule has 0 aromatic carbocycles. The molecule has 2 unspecified atom stereocenters. The second-order valence-corrected chi connectivity index (χ2v) is 3.64. The third-order valence-corrected chi connectivity index (χ3v) is 3.05. The maximum atomic E-state index is 11.6. The third-order valence-electron chi connectivity index (χ3n) is 3.05. The van der Waals surface area contributed by atoms with Crippen molar-refractivity contribution in [3.05, 3.63) is 0 Å². The van der Waals surface area contributed by atoms with E-state index in [0.29, 0.717) is 13.0 Å². The van der Waals surface area contributed by atoms with Crippen LogP contribution in [0.1, 0.15) is 39.5 Å². The Morgan fingerprint density at radius 1 is 1.62 bits per heavy atom. The van der Waals surface area contributed by atoms with E-state index in [-0.39, 0.29) is 5.97 Å². The first-order chi connectivity index (χ1) is 6.17. The van der Waals surface area contributed by atoms with Crippen LogP contribution in [0.4, 0.5) is 0 Å². The summed E-state index contributed by atoms with van der Waals surface area (Å²) >= 11 is 0. The van der Waals surface area contributed by atoms with Crippen LogP contribution in [-0.2, 0) is 9.53 Å². The molecule has 1 saturated carbocycles. The predicted octanol–water partition coefficient (Wildman–Crippen LogP) is 1.49. The molecular formula is C10H18O3. The van der Waals surface area contributed by atoms with Crippen molar-refractivity contribution in [1.29, 1.82) is 0 Å². The number of aliphatic hydroxyl groups is 1. The van der Waals surface area contributed by atoms with E-state index >= 15 is 0 Å². The number of ether oxygens (including phenoxy) is 1. The molecule has 1 aliphatic rings. The van der Waals surface area contributed by atoms with Crippen molar-refractivity contribution in [1.82, 2.24) is 0 Å². The summed E-state index contributed by atoms with van der Waals surface area (Å²) in [6.45, 7) is 4.13. The molecule has 2 atom stereocenters. The van der Waals surface area contributed by atoms with Gasteiger partial charge in [0.2, 0.25) is 0 Å². The zero-order chi connectivity index (χ0) is 9.90. The van der Waals surface area contributed by atoms with Gasteiger partial charge in [-0.3, -0.25) is 4.79 Å². The highest BCUT2D eigenvalue weighted by Gasteiger charge is 2.47. The molecule has 1 aliphatic carbocycles. The minimum Gasteiger partial charge on any atom is -0.465 e. The van der Waals surface area contributed by atoms with Crippen molar-refractivity contribution < 1.29 is 14.6 Å². The van der Waals surface area contributed by atoms with Gasteiger partial charge in [-0.1, -0.05) is 6.92 Å². The standard InChI is InChI=1S/C10H18O3/c1-3-10(9(12)13-4-2)7-5-6-8(10)11/h8,11H,3-7H2,1-2H3. The number of aliphatic hydroxyl groups excluding tert-OH is 1. The average molecular weight is 186 g/mol. The van der Waals surface area contributed by atoms with Crippen LogP contribution < -0.4 is 0 Å². The lowest BCUT2D eigenvalue weighted by molar-refractivity contribution is -0.161. The Labute approximate surface area is 79.1 Å². The van der Waals surface area contributed by atoms with Crippen LogP contribution >= 0.6 is 0 Å². The van der Waals surface area contributed by atoms with Gasteiger partial charge in [-0.15, -0.1) is 0 Å². The molecule has 13 heavy (non-hydrogen) atoms. The SMILES string of the molecule is CCOC(=O)C1(CC)CCCC1O. The highest BCUT2D eigenvalue weighted by molar-refractivity contribution is 5.78. The number of hydrogen-bond donors (Lipinski definition) is 1. The second-order valence-electron chi connectivity index (χ2n) is 3.64. The maximum Gasteiger partial charge on any atom is 0.314 e. The lowest BCUT2D eigenvalue weighted by atomic mass is 9.81. The van der Waals surface area contributed by atoms with Crippen LogP contribution in [0.5, 0.6) is 0 Å². The highest BCUT2D eigenvalue weighted by atomic mass is 16.5. The van der Waals surface area contributed by atoms with Crippen molar-refractivity contribution in [3.63, 3.8) is 0 Å². The van der Waals surface area contributed by atoms with E-state index in [1.807, 2.05) is 6.92 Å². The topological polar surface area (TPSA) is 46.5 Å². The smallest absolute Gasteiger partial charge is 0.314 e. The maximum absolute atomic E-state index is 11.6. The molecule has 0 aromatic rings. The molecule has 0 heterocycles. The normalized spacial score (nSPS) is 33.3. The predicted molar refractivity (Wildman–Crippen MR) is 49.2 cm³/mol. The summed E-state index contributed by atoms with van der Waals surface area (Å²) in [5.41, 5.74) is -0.601. The summed E-state index contributed by atoms with van der Waals surface area (Å²) in [6.07, 6.45) is 2.59. The molecule has 1 rings (SSSR count). The Kier molecular flexibility index (Phi) is 3.31. The fourth-order valence-corrected chi connectivity index (χ4v) is 2.12. The Morgan fingerprint density at radius 3 is 2.69 bits per heavy atom. The molecule has 0 amide bonds. The largest absolute Gasteiger partial charge is 0.465 e. The number of hydrogen-bond acceptors (Lipinski definition) is 3. The first kappa shape index (κ1) is 10.5. The fraction of sp³-hybridized carbons (Fsp3) is 0.900. The van der Waals surface area contributed by atoms with Crippen LogP contribution in [0.3, 0.4) is 0 Å². The van der Waals surface area contributed by atoms with Gasteiger partial charge in [-0.25, -0.2) is 0 Å². The molecule has 1 N–H and O–H groups in total. The molecular weight excluding hydrogens is 168 g/mol. The van der Waals surface area contributed by atoms with E-state index in [1.165, 1.54) is 0 Å². The summed E-state index contributed by atoms with van der Waals surface area (Å²) in [4.78, 5) is 11.6. The number of carbonyl (C=O) groups is 1. The summed E-state index contributed by atoms with van der Waals surface area (Å²) < 4.78 is 4.99. The molecule has 0 radical (unpaired) electrons. The number of esters is 1. The molecule has 3 nitrogen and oxygen atoms in total. The molecule has 0 aromatic heterocycles. The minimum atomic E-state index is -0.601. The summed E-state index contributed by atoms with van der Waals surface area (Å²) in [6, 6.07) is 0. The first-order valence-electron chi connectivity index (χ1n) is 5.02. The molecule has 0 spiro atoms. The van der Waals surface area contributed by atoms with Gasteiger partial charge in [-0.2, -0.15) is 0 Å². The van der Waals surface area contributed by atoms with Gasteiger partial charge < -0.3 is 9.84 Å². The second kappa shape index (κ2) is 4.09. The zero-order valence-corrected chi connectivity index (χ0v) is 8.38. The lowest BCUT2D eigenvalue weighted by Gasteiger charge is -2.28. The molecule has 0 aliphatic heterocycles. The Hall–Kier alpha value is -0.570. The molecule has 76 valence electrons. The van der Waals surface area contributed by atoms with Crippen molar-refractivity contribution in [2.45, 2.75) is 45.6 Å². The van der Waals surface area contributed by atoms with Gasteiger partial charge in [0, 0.05) is 0 Å². The van der Waals surface area contributed by atoms with Gasteiger partial charge in [0.1, 0.15) is 0 Å². The quantitative estimate of drug-likeness (QED) is 0.679. The van der Waals surface area contributed by atoms with Gasteiger partial charge >= 0.3 is 5.97 Å². The Bertz CT molecular complexity index is 191. The number of carbonyl (C=O) groups excluding carboxylic acids is 1. The van der Waals surface area contributed by atoms with Crippen LogP contribution in [0, 0.1) is 5.41 Å². The van der Waals surface area contributed by atoms with Crippen LogP contribution in [-0.4, -0.2) is 23.8 Å². The van der Waals surface area contributed by atoms with Crippen molar-refractivity contribution >= 4 is 5.97 Å². The van der Waals surface area contributed by atoms with Crippen molar-refractivity contribution in [3.8, 4) is 0 Å². The number of rotatable bonds is 3. The van der Waals surface area contributed by atoms with Gasteiger partial charge in [0.15, 0.2) is 0 Å².